The molecule has 106 valence electrons. The molecule has 0 fully saturated rings. The standard InChI is InChI=1S/C14H17N3O2S/c1-11-10-12(15)5-6-14(11)17-20(18,19)9-7-13-4-2-3-8-16-13/h2-6,8,10,17H,7,9,15H2,1H3. The van der Waals surface area contributed by atoms with E-state index >= 15 is 0 Å². The van der Waals surface area contributed by atoms with Crippen LogP contribution in [0.5, 0.6) is 0 Å². The van der Waals surface area contributed by atoms with Crippen LogP contribution in [-0.2, 0) is 16.4 Å². The average Bonchev–Trinajstić information content (AvgIpc) is 2.41. The lowest BCUT2D eigenvalue weighted by Gasteiger charge is -2.10. The molecule has 0 aliphatic rings. The Labute approximate surface area is 118 Å². The lowest BCUT2D eigenvalue weighted by molar-refractivity contribution is 0.600. The van der Waals surface area contributed by atoms with Gasteiger partial charge < -0.3 is 5.73 Å². The first kappa shape index (κ1) is 14.3. The molecule has 6 heteroatoms. The zero-order valence-electron chi connectivity index (χ0n) is 11.2. The van der Waals surface area contributed by atoms with Gasteiger partial charge in [-0.2, -0.15) is 0 Å². The number of hydrogen-bond donors (Lipinski definition) is 2. The summed E-state index contributed by atoms with van der Waals surface area (Å²) in [5, 5.41) is 0. The zero-order chi connectivity index (χ0) is 14.6. The van der Waals surface area contributed by atoms with Gasteiger partial charge in [-0.05, 0) is 42.8 Å². The maximum absolute atomic E-state index is 12.0. The van der Waals surface area contributed by atoms with Crippen LogP contribution in [-0.4, -0.2) is 19.2 Å². The molecule has 1 heterocycles. The predicted molar refractivity (Wildman–Crippen MR) is 80.9 cm³/mol. The number of anilines is 2. The Morgan fingerprint density at radius 2 is 2.05 bits per heavy atom. The van der Waals surface area contributed by atoms with Crippen LogP contribution in [0.2, 0.25) is 0 Å². The third-order valence-corrected chi connectivity index (χ3v) is 4.14. The van der Waals surface area contributed by atoms with Crippen LogP contribution in [0.1, 0.15) is 11.3 Å². The highest BCUT2D eigenvalue weighted by Crippen LogP contribution is 2.19. The molecule has 0 amide bonds. The smallest absolute Gasteiger partial charge is 0.233 e. The minimum absolute atomic E-state index is 0.00612. The van der Waals surface area contributed by atoms with E-state index in [0.29, 0.717) is 17.8 Å². The van der Waals surface area contributed by atoms with Crippen molar-refractivity contribution < 1.29 is 8.42 Å². The normalized spacial score (nSPS) is 11.2. The van der Waals surface area contributed by atoms with Crippen molar-refractivity contribution in [2.45, 2.75) is 13.3 Å². The van der Waals surface area contributed by atoms with Crippen molar-refractivity contribution in [1.29, 1.82) is 0 Å². The van der Waals surface area contributed by atoms with Gasteiger partial charge in [0.1, 0.15) is 0 Å². The average molecular weight is 291 g/mol. The minimum Gasteiger partial charge on any atom is -0.399 e. The van der Waals surface area contributed by atoms with Gasteiger partial charge in [0.25, 0.3) is 0 Å². The molecule has 20 heavy (non-hydrogen) atoms. The van der Waals surface area contributed by atoms with Crippen LogP contribution in [0.15, 0.2) is 42.6 Å². The zero-order valence-corrected chi connectivity index (χ0v) is 12.0. The molecule has 2 rings (SSSR count). The number of aryl methyl sites for hydroxylation is 2. The Hall–Kier alpha value is -2.08. The van der Waals surface area contributed by atoms with Gasteiger partial charge in [-0.3, -0.25) is 9.71 Å². The highest BCUT2D eigenvalue weighted by atomic mass is 32.2. The summed E-state index contributed by atoms with van der Waals surface area (Å²) in [6, 6.07) is 10.5. The first-order valence-corrected chi connectivity index (χ1v) is 7.88. The number of nitrogen functional groups attached to an aromatic ring is 1. The summed E-state index contributed by atoms with van der Waals surface area (Å²) < 4.78 is 26.7. The van der Waals surface area contributed by atoms with Gasteiger partial charge in [-0.25, -0.2) is 8.42 Å². The molecule has 0 bridgehead atoms. The molecule has 1 aromatic carbocycles. The maximum atomic E-state index is 12.0. The summed E-state index contributed by atoms with van der Waals surface area (Å²) in [4.78, 5) is 4.11. The topological polar surface area (TPSA) is 85.1 Å². The second-order valence-corrected chi connectivity index (χ2v) is 6.41. The highest BCUT2D eigenvalue weighted by Gasteiger charge is 2.12. The Morgan fingerprint density at radius 1 is 1.25 bits per heavy atom. The van der Waals surface area contributed by atoms with Gasteiger partial charge in [0.15, 0.2) is 0 Å². The van der Waals surface area contributed by atoms with E-state index in [2.05, 4.69) is 9.71 Å². The van der Waals surface area contributed by atoms with Crippen molar-refractivity contribution in [3.05, 3.63) is 53.9 Å². The molecular formula is C14H17N3O2S. The van der Waals surface area contributed by atoms with E-state index in [9.17, 15) is 8.42 Å². The van der Waals surface area contributed by atoms with E-state index in [1.165, 1.54) is 0 Å². The Bertz CT molecular complexity index is 685. The molecule has 2 aromatic rings. The molecule has 0 atom stereocenters. The summed E-state index contributed by atoms with van der Waals surface area (Å²) in [5.74, 6) is -0.00612. The molecule has 0 spiro atoms. The maximum Gasteiger partial charge on any atom is 0.233 e. The van der Waals surface area contributed by atoms with Gasteiger partial charge in [-0.1, -0.05) is 6.07 Å². The summed E-state index contributed by atoms with van der Waals surface area (Å²) in [7, 11) is -3.40. The van der Waals surface area contributed by atoms with Crippen LogP contribution >= 0.6 is 0 Å². The number of rotatable bonds is 5. The number of aromatic nitrogens is 1. The second kappa shape index (κ2) is 5.92. The van der Waals surface area contributed by atoms with E-state index in [4.69, 9.17) is 5.73 Å². The van der Waals surface area contributed by atoms with Gasteiger partial charge in [0.2, 0.25) is 10.0 Å². The first-order valence-electron chi connectivity index (χ1n) is 6.23. The molecule has 3 N–H and O–H groups in total. The minimum atomic E-state index is -3.40. The van der Waals surface area contributed by atoms with Gasteiger partial charge in [0, 0.05) is 24.0 Å². The molecule has 0 saturated heterocycles. The molecule has 0 radical (unpaired) electrons. The van der Waals surface area contributed by atoms with Crippen molar-refractivity contribution in [2.24, 2.45) is 0 Å². The van der Waals surface area contributed by atoms with E-state index in [-0.39, 0.29) is 5.75 Å². The van der Waals surface area contributed by atoms with Crippen LogP contribution in [0, 0.1) is 6.92 Å². The summed E-state index contributed by atoms with van der Waals surface area (Å²) >= 11 is 0. The molecule has 5 nitrogen and oxygen atoms in total. The fourth-order valence-corrected chi connectivity index (χ4v) is 2.95. The SMILES string of the molecule is Cc1cc(N)ccc1NS(=O)(=O)CCc1ccccn1. The van der Waals surface area contributed by atoms with Crippen LogP contribution in [0.3, 0.4) is 0 Å². The number of sulfonamides is 1. The molecule has 0 aliphatic carbocycles. The van der Waals surface area contributed by atoms with Crippen LogP contribution < -0.4 is 10.5 Å². The molecule has 1 aromatic heterocycles. The number of nitrogens with two attached hydrogens (primary N) is 1. The lowest BCUT2D eigenvalue weighted by Crippen LogP contribution is -2.19. The van der Waals surface area contributed by atoms with Crippen molar-refractivity contribution in [3.8, 4) is 0 Å². The van der Waals surface area contributed by atoms with E-state index in [1.807, 2.05) is 19.1 Å². The fraction of sp³-hybridized carbons (Fsp3) is 0.214. The number of nitrogens with one attached hydrogen (secondary N) is 1. The fourth-order valence-electron chi connectivity index (χ4n) is 1.80. The largest absolute Gasteiger partial charge is 0.399 e. The van der Waals surface area contributed by atoms with Gasteiger partial charge in [0.05, 0.1) is 11.4 Å². The predicted octanol–water partition coefficient (Wildman–Crippen LogP) is 1.96. The number of nitrogens with zero attached hydrogens (tertiary/aromatic N) is 1. The Morgan fingerprint density at radius 3 is 2.70 bits per heavy atom. The van der Waals surface area contributed by atoms with E-state index < -0.39 is 10.0 Å². The number of pyridine rings is 1. The molecule has 0 saturated carbocycles. The second-order valence-electron chi connectivity index (χ2n) is 4.57. The molecule has 0 unspecified atom stereocenters. The number of hydrogen-bond acceptors (Lipinski definition) is 4. The van der Waals surface area contributed by atoms with E-state index in [1.54, 1.807) is 30.5 Å². The highest BCUT2D eigenvalue weighted by molar-refractivity contribution is 7.92. The summed E-state index contributed by atoms with van der Waals surface area (Å²) in [6.07, 6.45) is 2.03. The first-order chi connectivity index (χ1) is 9.46. The lowest BCUT2D eigenvalue weighted by atomic mass is 10.2. The van der Waals surface area contributed by atoms with Gasteiger partial charge >= 0.3 is 0 Å². The third-order valence-electron chi connectivity index (χ3n) is 2.87. The van der Waals surface area contributed by atoms with Crippen molar-refractivity contribution >= 4 is 21.4 Å². The third kappa shape index (κ3) is 3.96. The van der Waals surface area contributed by atoms with Crippen molar-refractivity contribution in [1.82, 2.24) is 4.98 Å². The number of benzene rings is 1. The Balaban J connectivity index is 2.04. The monoisotopic (exact) mass is 291 g/mol. The van der Waals surface area contributed by atoms with Crippen LogP contribution in [0.4, 0.5) is 11.4 Å². The molecule has 0 aliphatic heterocycles. The quantitative estimate of drug-likeness (QED) is 0.825. The molecular weight excluding hydrogens is 274 g/mol. The van der Waals surface area contributed by atoms with Gasteiger partial charge in [-0.15, -0.1) is 0 Å². The summed E-state index contributed by atoms with van der Waals surface area (Å²) in [5.41, 5.74) is 8.36. The summed E-state index contributed by atoms with van der Waals surface area (Å²) in [6.45, 7) is 1.81. The van der Waals surface area contributed by atoms with Crippen molar-refractivity contribution in [2.75, 3.05) is 16.2 Å². The van der Waals surface area contributed by atoms with Crippen molar-refractivity contribution in [3.63, 3.8) is 0 Å². The van der Waals surface area contributed by atoms with E-state index in [0.717, 1.165) is 11.3 Å². The van der Waals surface area contributed by atoms with Crippen LogP contribution in [0.25, 0.3) is 0 Å². The Kier molecular flexibility index (Phi) is 4.24.